The number of carbonyl (C=O) groups excluding carboxylic acids is 1. The van der Waals surface area contributed by atoms with Gasteiger partial charge >= 0.3 is 0 Å². The first-order chi connectivity index (χ1) is 25.3. The third kappa shape index (κ3) is 78.5. The Morgan fingerprint density at radius 1 is 0.423 bits per heavy atom. The van der Waals surface area contributed by atoms with Crippen LogP contribution in [0.5, 0.6) is 0 Å². The minimum atomic E-state index is 0.839. The smallest absolute Gasteiger partial charge is 0.106 e. The van der Waals surface area contributed by atoms with E-state index in [9.17, 15) is 0 Å². The summed E-state index contributed by atoms with van der Waals surface area (Å²) in [4.78, 5) is 8.00. The van der Waals surface area contributed by atoms with Crippen LogP contribution >= 0.6 is 0 Å². The zero-order valence-electron chi connectivity index (χ0n) is 39.3. The Kier molecular flexibility index (Phi) is 83.3. The third-order valence-electron chi connectivity index (χ3n) is 9.11. The van der Waals surface area contributed by atoms with Crippen molar-refractivity contribution in [1.82, 2.24) is 5.32 Å². The molecule has 0 radical (unpaired) electrons. The molecule has 0 aromatic rings. The number of rotatable bonds is 33. The van der Waals surface area contributed by atoms with Gasteiger partial charge in [0.25, 0.3) is 0 Å². The van der Waals surface area contributed by atoms with E-state index in [-0.39, 0.29) is 0 Å². The van der Waals surface area contributed by atoms with Crippen LogP contribution in [0.15, 0.2) is 12.2 Å². The van der Waals surface area contributed by atoms with E-state index < -0.39 is 0 Å². The molecular weight excluding hydrogens is 631 g/mol. The molecule has 2 heteroatoms. The van der Waals surface area contributed by atoms with E-state index in [2.05, 4.69) is 81.1 Å². The summed E-state index contributed by atoms with van der Waals surface area (Å²) in [7, 11) is 0. The van der Waals surface area contributed by atoms with E-state index >= 15 is 0 Å². The van der Waals surface area contributed by atoms with Crippen LogP contribution < -0.4 is 5.32 Å². The fraction of sp³-hybridized carbons (Fsp3) is 0.940. The maximum atomic E-state index is 8.00. The maximum Gasteiger partial charge on any atom is 0.106 e. The van der Waals surface area contributed by atoms with Gasteiger partial charge in [-0.25, -0.2) is 0 Å². The molecule has 0 aromatic heterocycles. The summed E-state index contributed by atoms with van der Waals surface area (Å²) < 4.78 is 0. The van der Waals surface area contributed by atoms with E-state index in [1.807, 2.05) is 20.6 Å². The molecule has 0 aromatic carbocycles. The van der Waals surface area contributed by atoms with Crippen molar-refractivity contribution in [2.75, 3.05) is 13.1 Å². The van der Waals surface area contributed by atoms with Gasteiger partial charge in [0.2, 0.25) is 0 Å². The average Bonchev–Trinajstić information content (AvgIpc) is 3.14. The summed E-state index contributed by atoms with van der Waals surface area (Å²) in [6, 6.07) is 0. The Labute approximate surface area is 335 Å². The molecule has 0 heterocycles. The van der Waals surface area contributed by atoms with Gasteiger partial charge in [-0.15, -0.1) is 0 Å². The van der Waals surface area contributed by atoms with Crippen molar-refractivity contribution in [3.8, 4) is 0 Å². The second-order valence-electron chi connectivity index (χ2n) is 15.5. The number of unbranched alkanes of at least 4 members (excludes halogenated alkanes) is 19. The van der Waals surface area contributed by atoms with Crippen LogP contribution in [0.3, 0.4) is 0 Å². The average molecular weight is 740 g/mol. The van der Waals surface area contributed by atoms with Gasteiger partial charge in [0, 0.05) is 0 Å². The first-order valence-corrected chi connectivity index (χ1v) is 24.0. The highest BCUT2D eigenvalue weighted by atomic mass is 16.1. The number of nitrogens with one attached hydrogen (secondary N) is 1. The standard InChI is InChI=1S/C28H57N.C13H28.2C3H8.C2H6.CH2O/c1-5-7-9-11-14-18-22-27(3)26-28(4)23-19-15-13-17-21-25-29-24-20-16-12-10-8-6-2;1-4-6-7-8-9-10-12-13(3)11-5-2;2*1-3-2;2*1-2/h27,29H,4-26H2,1-3H3;13H,4-12H2,1-3H3;2*3H2,1-2H3;1-2H3;1H2. The van der Waals surface area contributed by atoms with Crippen molar-refractivity contribution in [2.24, 2.45) is 11.8 Å². The van der Waals surface area contributed by atoms with E-state index in [1.54, 1.807) is 0 Å². The van der Waals surface area contributed by atoms with Gasteiger partial charge in [-0.3, -0.25) is 0 Å². The molecule has 0 saturated carbocycles. The topological polar surface area (TPSA) is 29.1 Å². The van der Waals surface area contributed by atoms with Crippen molar-refractivity contribution in [3.63, 3.8) is 0 Å². The van der Waals surface area contributed by atoms with Gasteiger partial charge in [0.15, 0.2) is 0 Å². The van der Waals surface area contributed by atoms with Gasteiger partial charge < -0.3 is 10.1 Å². The minimum absolute atomic E-state index is 0.839. The SMILES string of the molecule is C=C(CCCCCCCNCCCCCCCC)CC(C)CCCCCCCC.C=O.CC.CCC.CCC.CCCCCCCCC(C)CCC. The highest BCUT2D eigenvalue weighted by Crippen LogP contribution is 2.22. The zero-order chi connectivity index (χ0) is 40.8. The number of carbonyl (C=O) groups is 1. The van der Waals surface area contributed by atoms with E-state index in [1.165, 1.54) is 218 Å². The van der Waals surface area contributed by atoms with Gasteiger partial charge in [-0.2, -0.15) is 0 Å². The van der Waals surface area contributed by atoms with Crippen LogP contribution in [0.25, 0.3) is 0 Å². The Balaban J connectivity index is -0.000000189. The Hall–Kier alpha value is -0.630. The van der Waals surface area contributed by atoms with Gasteiger partial charge in [0.1, 0.15) is 6.79 Å². The predicted octanol–water partition coefficient (Wildman–Crippen LogP) is 18.5. The van der Waals surface area contributed by atoms with Crippen molar-refractivity contribution in [3.05, 3.63) is 12.2 Å². The molecule has 0 aliphatic carbocycles. The number of hydrogen-bond donors (Lipinski definition) is 1. The monoisotopic (exact) mass is 740 g/mol. The summed E-state index contributed by atoms with van der Waals surface area (Å²) in [5.74, 6) is 1.81. The summed E-state index contributed by atoms with van der Waals surface area (Å²) >= 11 is 0. The van der Waals surface area contributed by atoms with Crippen molar-refractivity contribution < 1.29 is 4.79 Å². The predicted molar refractivity (Wildman–Crippen MR) is 247 cm³/mol. The molecule has 0 amide bonds. The highest BCUT2D eigenvalue weighted by Gasteiger charge is 2.05. The minimum Gasteiger partial charge on any atom is -0.317 e. The molecule has 320 valence electrons. The van der Waals surface area contributed by atoms with Crippen LogP contribution in [0, 0.1) is 11.8 Å². The molecule has 0 bridgehead atoms. The zero-order valence-corrected chi connectivity index (χ0v) is 39.3. The van der Waals surface area contributed by atoms with Crippen molar-refractivity contribution in [1.29, 1.82) is 0 Å². The number of allylic oxidation sites excluding steroid dienone is 1. The fourth-order valence-electron chi connectivity index (χ4n) is 6.19. The van der Waals surface area contributed by atoms with Crippen LogP contribution in [-0.4, -0.2) is 19.9 Å². The molecule has 0 fully saturated rings. The second kappa shape index (κ2) is 68.4. The molecule has 52 heavy (non-hydrogen) atoms. The third-order valence-corrected chi connectivity index (χ3v) is 9.11. The molecular formula is C50H109NO. The Bertz CT molecular complexity index is 530. The quantitative estimate of drug-likeness (QED) is 0.0536. The molecule has 1 N–H and O–H groups in total. The summed E-state index contributed by atoms with van der Waals surface area (Å²) in [6.45, 7) is 35.3. The lowest BCUT2D eigenvalue weighted by Gasteiger charge is -2.13. The molecule has 0 aliphatic rings. The molecule has 0 saturated heterocycles. The molecule has 0 rings (SSSR count). The molecule has 2 unspecified atom stereocenters. The van der Waals surface area contributed by atoms with E-state index in [4.69, 9.17) is 4.79 Å². The van der Waals surface area contributed by atoms with Crippen LogP contribution in [0.2, 0.25) is 0 Å². The summed E-state index contributed by atoms with van der Waals surface area (Å²) in [6.07, 6.45) is 43.1. The van der Waals surface area contributed by atoms with E-state index in [0.29, 0.717) is 0 Å². The molecule has 0 aliphatic heterocycles. The van der Waals surface area contributed by atoms with Crippen LogP contribution in [0.1, 0.15) is 282 Å². The van der Waals surface area contributed by atoms with Gasteiger partial charge in [0.05, 0.1) is 0 Å². The molecule has 2 atom stereocenters. The number of hydrogen-bond acceptors (Lipinski definition) is 2. The molecule has 2 nitrogen and oxygen atoms in total. The van der Waals surface area contributed by atoms with Crippen LogP contribution in [0.4, 0.5) is 0 Å². The van der Waals surface area contributed by atoms with Crippen molar-refractivity contribution in [2.45, 2.75) is 282 Å². The normalized spacial score (nSPS) is 11.1. The van der Waals surface area contributed by atoms with Gasteiger partial charge in [-0.1, -0.05) is 262 Å². The van der Waals surface area contributed by atoms with Crippen molar-refractivity contribution >= 4 is 6.79 Å². The fourth-order valence-corrected chi connectivity index (χ4v) is 6.19. The second-order valence-corrected chi connectivity index (χ2v) is 15.5. The lowest BCUT2D eigenvalue weighted by Crippen LogP contribution is -2.16. The maximum absolute atomic E-state index is 8.00. The lowest BCUT2D eigenvalue weighted by atomic mass is 9.93. The van der Waals surface area contributed by atoms with Gasteiger partial charge in [-0.05, 0) is 57.0 Å². The molecule has 0 spiro atoms. The lowest BCUT2D eigenvalue weighted by molar-refractivity contribution is -0.0980. The Morgan fingerprint density at radius 3 is 1.10 bits per heavy atom. The summed E-state index contributed by atoms with van der Waals surface area (Å²) in [5, 5.41) is 3.62. The van der Waals surface area contributed by atoms with Crippen LogP contribution in [-0.2, 0) is 4.79 Å². The highest BCUT2D eigenvalue weighted by molar-refractivity contribution is 5.11. The first kappa shape index (κ1) is 63.3. The summed E-state index contributed by atoms with van der Waals surface area (Å²) in [5.41, 5.74) is 1.50. The van der Waals surface area contributed by atoms with E-state index in [0.717, 1.165) is 11.8 Å². The Morgan fingerprint density at radius 2 is 0.731 bits per heavy atom. The first-order valence-electron chi connectivity index (χ1n) is 24.0. The largest absolute Gasteiger partial charge is 0.317 e.